The predicted molar refractivity (Wildman–Crippen MR) is 95.5 cm³/mol. The number of hydrogen-bond donors (Lipinski definition) is 1. The third-order valence-corrected chi connectivity index (χ3v) is 4.34. The zero-order valence-corrected chi connectivity index (χ0v) is 14.6. The summed E-state index contributed by atoms with van der Waals surface area (Å²) in [5.74, 6) is 6.60. The number of carbonyl (C=O) groups excluding carboxylic acids is 2. The third-order valence-electron chi connectivity index (χ3n) is 4.34. The Hall–Kier alpha value is -2.28. The summed E-state index contributed by atoms with van der Waals surface area (Å²) >= 11 is 0. The van der Waals surface area contributed by atoms with Gasteiger partial charge in [-0.15, -0.1) is 0 Å². The van der Waals surface area contributed by atoms with Crippen LogP contribution in [0.3, 0.4) is 0 Å². The molecule has 0 unspecified atom stereocenters. The molecule has 0 radical (unpaired) electrons. The van der Waals surface area contributed by atoms with E-state index in [2.05, 4.69) is 17.2 Å². The van der Waals surface area contributed by atoms with Crippen LogP contribution in [-0.4, -0.2) is 37.4 Å². The molecule has 0 heterocycles. The summed E-state index contributed by atoms with van der Waals surface area (Å²) in [6, 6.07) is 7.20. The van der Waals surface area contributed by atoms with E-state index in [0.29, 0.717) is 24.4 Å². The molecule has 2 amide bonds. The molecule has 1 aliphatic carbocycles. The first-order chi connectivity index (χ1) is 11.6. The van der Waals surface area contributed by atoms with Gasteiger partial charge in [0, 0.05) is 31.6 Å². The number of nitrogens with one attached hydrogen (secondary N) is 1. The van der Waals surface area contributed by atoms with Crippen molar-refractivity contribution in [2.75, 3.05) is 20.6 Å². The van der Waals surface area contributed by atoms with Crippen molar-refractivity contribution < 1.29 is 9.59 Å². The van der Waals surface area contributed by atoms with Crippen LogP contribution in [0.25, 0.3) is 0 Å². The van der Waals surface area contributed by atoms with Gasteiger partial charge in [-0.1, -0.05) is 31.1 Å². The molecule has 1 saturated carbocycles. The van der Waals surface area contributed by atoms with Crippen LogP contribution in [0.4, 0.5) is 0 Å². The fourth-order valence-electron chi connectivity index (χ4n) is 2.97. The number of hydrogen-bond acceptors (Lipinski definition) is 2. The number of rotatable bonds is 4. The molecular weight excluding hydrogens is 300 g/mol. The van der Waals surface area contributed by atoms with Crippen molar-refractivity contribution in [1.29, 1.82) is 0 Å². The highest BCUT2D eigenvalue weighted by molar-refractivity contribution is 5.93. The van der Waals surface area contributed by atoms with E-state index in [1.54, 1.807) is 31.1 Å². The first-order valence-electron chi connectivity index (χ1n) is 8.63. The van der Waals surface area contributed by atoms with Gasteiger partial charge < -0.3 is 10.2 Å². The van der Waals surface area contributed by atoms with Crippen LogP contribution in [0.2, 0.25) is 0 Å². The average molecular weight is 326 g/mol. The monoisotopic (exact) mass is 326 g/mol. The molecule has 1 N–H and O–H groups in total. The molecule has 1 aromatic rings. The van der Waals surface area contributed by atoms with E-state index < -0.39 is 0 Å². The summed E-state index contributed by atoms with van der Waals surface area (Å²) in [5.41, 5.74) is 1.48. The SMILES string of the molecule is CN(C)C(=O)c1ccc(C#CCNC(=O)CC2CCCCC2)cc1. The van der Waals surface area contributed by atoms with Crippen molar-refractivity contribution in [2.24, 2.45) is 5.92 Å². The molecule has 1 aliphatic rings. The van der Waals surface area contributed by atoms with Crippen molar-refractivity contribution in [2.45, 2.75) is 38.5 Å². The zero-order valence-electron chi connectivity index (χ0n) is 14.6. The minimum absolute atomic E-state index is 0.0236. The Morgan fingerprint density at radius 1 is 1.12 bits per heavy atom. The topological polar surface area (TPSA) is 49.4 Å². The summed E-state index contributed by atoms with van der Waals surface area (Å²) in [6.07, 6.45) is 6.80. The summed E-state index contributed by atoms with van der Waals surface area (Å²) in [4.78, 5) is 25.2. The number of nitrogens with zero attached hydrogens (tertiary/aromatic N) is 1. The van der Waals surface area contributed by atoms with Gasteiger partial charge in [-0.3, -0.25) is 9.59 Å². The minimum Gasteiger partial charge on any atom is -0.345 e. The van der Waals surface area contributed by atoms with Crippen LogP contribution < -0.4 is 5.32 Å². The first-order valence-corrected chi connectivity index (χ1v) is 8.63. The lowest BCUT2D eigenvalue weighted by molar-refractivity contribution is -0.122. The van der Waals surface area contributed by atoms with Gasteiger partial charge in [0.2, 0.25) is 5.91 Å². The largest absolute Gasteiger partial charge is 0.345 e. The van der Waals surface area contributed by atoms with Crippen LogP contribution >= 0.6 is 0 Å². The summed E-state index contributed by atoms with van der Waals surface area (Å²) in [5, 5.41) is 2.87. The smallest absolute Gasteiger partial charge is 0.253 e. The lowest BCUT2D eigenvalue weighted by atomic mass is 9.87. The van der Waals surface area contributed by atoms with Crippen molar-refractivity contribution in [1.82, 2.24) is 10.2 Å². The van der Waals surface area contributed by atoms with Crippen LogP contribution in [0.15, 0.2) is 24.3 Å². The van der Waals surface area contributed by atoms with Crippen molar-refractivity contribution in [3.8, 4) is 11.8 Å². The lowest BCUT2D eigenvalue weighted by Crippen LogP contribution is -2.26. The van der Waals surface area contributed by atoms with Gasteiger partial charge in [-0.2, -0.15) is 0 Å². The van der Waals surface area contributed by atoms with Crippen molar-refractivity contribution >= 4 is 11.8 Å². The molecule has 1 aromatic carbocycles. The van der Waals surface area contributed by atoms with Crippen LogP contribution in [0, 0.1) is 17.8 Å². The molecule has 0 aliphatic heterocycles. The van der Waals surface area contributed by atoms with Gasteiger partial charge in [0.25, 0.3) is 5.91 Å². The molecule has 1 fully saturated rings. The van der Waals surface area contributed by atoms with Gasteiger partial charge in [-0.05, 0) is 43.0 Å². The second-order valence-electron chi connectivity index (χ2n) is 6.56. The highest BCUT2D eigenvalue weighted by atomic mass is 16.2. The Balaban J connectivity index is 1.76. The maximum Gasteiger partial charge on any atom is 0.253 e. The Morgan fingerprint density at radius 2 is 1.79 bits per heavy atom. The zero-order chi connectivity index (χ0) is 17.4. The Bertz CT molecular complexity index is 617. The van der Waals surface area contributed by atoms with Crippen molar-refractivity contribution in [3.05, 3.63) is 35.4 Å². The van der Waals surface area contributed by atoms with E-state index in [-0.39, 0.29) is 11.8 Å². The molecule has 0 aromatic heterocycles. The lowest BCUT2D eigenvalue weighted by Gasteiger charge is -2.20. The number of amides is 2. The molecule has 128 valence electrons. The summed E-state index contributed by atoms with van der Waals surface area (Å²) in [6.45, 7) is 0.365. The molecule has 2 rings (SSSR count). The van der Waals surface area contributed by atoms with Crippen LogP contribution in [0.1, 0.15) is 54.4 Å². The highest BCUT2D eigenvalue weighted by Crippen LogP contribution is 2.25. The maximum absolute atomic E-state index is 11.9. The highest BCUT2D eigenvalue weighted by Gasteiger charge is 2.16. The Labute approximate surface area is 144 Å². The molecule has 0 bridgehead atoms. The van der Waals surface area contributed by atoms with E-state index >= 15 is 0 Å². The van der Waals surface area contributed by atoms with Gasteiger partial charge in [0.05, 0.1) is 6.54 Å². The fraction of sp³-hybridized carbons (Fsp3) is 0.500. The minimum atomic E-state index is -0.0236. The first kappa shape index (κ1) is 18.1. The fourth-order valence-corrected chi connectivity index (χ4v) is 2.97. The molecule has 24 heavy (non-hydrogen) atoms. The molecule has 4 heteroatoms. The molecule has 0 spiro atoms. The predicted octanol–water partition coefficient (Wildman–Crippen LogP) is 2.83. The second-order valence-corrected chi connectivity index (χ2v) is 6.56. The van der Waals surface area contributed by atoms with E-state index in [1.807, 2.05) is 12.1 Å². The van der Waals surface area contributed by atoms with E-state index in [0.717, 1.165) is 5.56 Å². The van der Waals surface area contributed by atoms with Gasteiger partial charge in [0.1, 0.15) is 0 Å². The summed E-state index contributed by atoms with van der Waals surface area (Å²) < 4.78 is 0. The Kier molecular flexibility index (Phi) is 6.87. The van der Waals surface area contributed by atoms with Crippen molar-refractivity contribution in [3.63, 3.8) is 0 Å². The number of benzene rings is 1. The maximum atomic E-state index is 11.9. The van der Waals surface area contributed by atoms with E-state index in [1.165, 1.54) is 32.1 Å². The summed E-state index contributed by atoms with van der Waals surface area (Å²) in [7, 11) is 3.46. The van der Waals surface area contributed by atoms with Gasteiger partial charge in [-0.25, -0.2) is 0 Å². The van der Waals surface area contributed by atoms with Crippen LogP contribution in [-0.2, 0) is 4.79 Å². The Morgan fingerprint density at radius 3 is 2.42 bits per heavy atom. The van der Waals surface area contributed by atoms with Gasteiger partial charge in [0.15, 0.2) is 0 Å². The molecule has 4 nitrogen and oxygen atoms in total. The molecule has 0 atom stereocenters. The molecular formula is C20H26N2O2. The number of carbonyl (C=O) groups is 2. The second kappa shape index (κ2) is 9.12. The quantitative estimate of drug-likeness (QED) is 0.865. The standard InChI is InChI=1S/C20H26N2O2/c1-22(2)20(24)18-12-10-16(11-13-18)9-6-14-21-19(23)15-17-7-4-3-5-8-17/h10-13,17H,3-5,7-8,14-15H2,1-2H3,(H,21,23). The van der Waals surface area contributed by atoms with E-state index in [4.69, 9.17) is 0 Å². The van der Waals surface area contributed by atoms with Gasteiger partial charge >= 0.3 is 0 Å². The van der Waals surface area contributed by atoms with E-state index in [9.17, 15) is 9.59 Å². The third kappa shape index (κ3) is 5.73. The normalized spacial score (nSPS) is 14.4. The van der Waals surface area contributed by atoms with Crippen LogP contribution in [0.5, 0.6) is 0 Å². The average Bonchev–Trinajstić information content (AvgIpc) is 2.59. The molecule has 0 saturated heterocycles.